The molecule has 1 heterocycles. The van der Waals surface area contributed by atoms with Crippen molar-refractivity contribution < 1.29 is 21.9 Å². The van der Waals surface area contributed by atoms with Gasteiger partial charge in [0.25, 0.3) is 0 Å². The standard InChI is InChI=1S/C17H13F2NO3S/c1-10-3-6-15-12(7-10)17(23-2)16(9-20-15)24(21,22)11-4-5-13(18)14(19)8-11/h3-9H,1-2H3. The van der Waals surface area contributed by atoms with E-state index < -0.39 is 21.5 Å². The fourth-order valence-corrected chi connectivity index (χ4v) is 3.83. The number of aryl methyl sites for hydroxylation is 1. The molecule has 0 radical (unpaired) electrons. The number of nitrogens with zero attached hydrogens (tertiary/aromatic N) is 1. The summed E-state index contributed by atoms with van der Waals surface area (Å²) in [6.07, 6.45) is 1.16. The number of ether oxygens (including phenoxy) is 1. The smallest absolute Gasteiger partial charge is 0.211 e. The van der Waals surface area contributed by atoms with Crippen LogP contribution in [-0.2, 0) is 9.84 Å². The molecule has 1 aromatic heterocycles. The lowest BCUT2D eigenvalue weighted by Crippen LogP contribution is -2.06. The van der Waals surface area contributed by atoms with Crippen molar-refractivity contribution in [1.29, 1.82) is 0 Å². The maximum atomic E-state index is 13.4. The predicted octanol–water partition coefficient (Wildman–Crippen LogP) is 3.66. The highest BCUT2D eigenvalue weighted by Crippen LogP contribution is 2.35. The van der Waals surface area contributed by atoms with Crippen LogP contribution in [0.2, 0.25) is 0 Å². The van der Waals surface area contributed by atoms with Gasteiger partial charge in [-0.05, 0) is 37.3 Å². The van der Waals surface area contributed by atoms with E-state index in [0.717, 1.165) is 23.9 Å². The summed E-state index contributed by atoms with van der Waals surface area (Å²) < 4.78 is 57.4. The van der Waals surface area contributed by atoms with Gasteiger partial charge >= 0.3 is 0 Å². The van der Waals surface area contributed by atoms with Crippen molar-refractivity contribution in [2.45, 2.75) is 16.7 Å². The number of hydrogen-bond donors (Lipinski definition) is 0. The summed E-state index contributed by atoms with van der Waals surface area (Å²) >= 11 is 0. The molecule has 0 aliphatic carbocycles. The third kappa shape index (κ3) is 2.60. The molecule has 4 nitrogen and oxygen atoms in total. The Morgan fingerprint density at radius 3 is 2.46 bits per heavy atom. The molecule has 0 saturated carbocycles. The zero-order chi connectivity index (χ0) is 17.5. The van der Waals surface area contributed by atoms with Crippen LogP contribution in [0.5, 0.6) is 5.75 Å². The van der Waals surface area contributed by atoms with E-state index in [4.69, 9.17) is 4.74 Å². The number of hydrogen-bond acceptors (Lipinski definition) is 4. The maximum Gasteiger partial charge on any atom is 0.211 e. The van der Waals surface area contributed by atoms with Gasteiger partial charge in [-0.3, -0.25) is 4.98 Å². The lowest BCUT2D eigenvalue weighted by atomic mass is 10.1. The third-order valence-corrected chi connectivity index (χ3v) is 5.38. The number of halogens is 2. The molecule has 0 amide bonds. The molecule has 2 aromatic carbocycles. The van der Waals surface area contributed by atoms with Crippen molar-refractivity contribution in [1.82, 2.24) is 4.98 Å². The van der Waals surface area contributed by atoms with Gasteiger partial charge in [0.15, 0.2) is 11.6 Å². The van der Waals surface area contributed by atoms with Gasteiger partial charge in [0.1, 0.15) is 10.6 Å². The van der Waals surface area contributed by atoms with Gasteiger partial charge < -0.3 is 4.74 Å². The van der Waals surface area contributed by atoms with Gasteiger partial charge in [-0.2, -0.15) is 0 Å². The van der Waals surface area contributed by atoms with Crippen molar-refractivity contribution in [2.75, 3.05) is 7.11 Å². The first-order valence-electron chi connectivity index (χ1n) is 6.98. The molecule has 3 rings (SSSR count). The molecule has 0 aliphatic heterocycles. The summed E-state index contributed by atoms with van der Waals surface area (Å²) in [6.45, 7) is 1.86. The molecule has 0 fully saturated rings. The van der Waals surface area contributed by atoms with E-state index in [2.05, 4.69) is 4.98 Å². The number of methoxy groups -OCH3 is 1. The number of rotatable bonds is 3. The zero-order valence-corrected chi connectivity index (χ0v) is 13.7. The number of benzene rings is 2. The van der Waals surface area contributed by atoms with E-state index in [1.807, 2.05) is 13.0 Å². The highest BCUT2D eigenvalue weighted by molar-refractivity contribution is 7.91. The Balaban J connectivity index is 2.29. The Hall–Kier alpha value is -2.54. The van der Waals surface area contributed by atoms with Crippen LogP contribution >= 0.6 is 0 Å². The molecular weight excluding hydrogens is 336 g/mol. The van der Waals surface area contributed by atoms with Crippen LogP contribution in [0.1, 0.15) is 5.56 Å². The van der Waals surface area contributed by atoms with E-state index in [1.54, 1.807) is 12.1 Å². The average molecular weight is 349 g/mol. The number of aromatic nitrogens is 1. The molecule has 0 spiro atoms. The van der Waals surface area contributed by atoms with E-state index in [0.29, 0.717) is 17.0 Å². The minimum Gasteiger partial charge on any atom is -0.495 e. The van der Waals surface area contributed by atoms with Crippen molar-refractivity contribution in [3.63, 3.8) is 0 Å². The molecule has 0 N–H and O–H groups in total. The van der Waals surface area contributed by atoms with Crippen LogP contribution in [0.3, 0.4) is 0 Å². The van der Waals surface area contributed by atoms with Gasteiger partial charge in [-0.25, -0.2) is 17.2 Å². The lowest BCUT2D eigenvalue weighted by molar-refractivity contribution is 0.407. The minimum absolute atomic E-state index is 0.119. The lowest BCUT2D eigenvalue weighted by Gasteiger charge is -2.12. The SMILES string of the molecule is COc1c(S(=O)(=O)c2ccc(F)c(F)c2)cnc2ccc(C)cc12. The summed E-state index contributed by atoms with van der Waals surface area (Å²) in [7, 11) is -2.77. The Bertz CT molecular complexity index is 1050. The predicted molar refractivity (Wildman–Crippen MR) is 84.8 cm³/mol. The van der Waals surface area contributed by atoms with E-state index in [-0.39, 0.29) is 15.5 Å². The second-order valence-corrected chi connectivity index (χ2v) is 7.17. The quantitative estimate of drug-likeness (QED) is 0.677. The Morgan fingerprint density at radius 1 is 1.04 bits per heavy atom. The summed E-state index contributed by atoms with van der Waals surface area (Å²) in [4.78, 5) is 3.57. The van der Waals surface area contributed by atoms with Crippen LogP contribution in [0.15, 0.2) is 52.4 Å². The molecule has 0 atom stereocenters. The van der Waals surface area contributed by atoms with E-state index in [9.17, 15) is 17.2 Å². The van der Waals surface area contributed by atoms with Crippen LogP contribution in [0, 0.1) is 18.6 Å². The largest absolute Gasteiger partial charge is 0.495 e. The first kappa shape index (κ1) is 16.3. The van der Waals surface area contributed by atoms with Crippen LogP contribution in [-0.4, -0.2) is 20.5 Å². The van der Waals surface area contributed by atoms with Crippen LogP contribution in [0.4, 0.5) is 8.78 Å². The molecule has 24 heavy (non-hydrogen) atoms. The van der Waals surface area contributed by atoms with Crippen molar-refractivity contribution in [3.05, 3.63) is 59.8 Å². The second kappa shape index (κ2) is 5.83. The summed E-state index contributed by atoms with van der Waals surface area (Å²) in [6, 6.07) is 7.77. The Kier molecular flexibility index (Phi) is 3.96. The topological polar surface area (TPSA) is 56.3 Å². The first-order valence-corrected chi connectivity index (χ1v) is 8.46. The van der Waals surface area contributed by atoms with Crippen LogP contribution < -0.4 is 4.74 Å². The maximum absolute atomic E-state index is 13.4. The molecule has 7 heteroatoms. The monoisotopic (exact) mass is 349 g/mol. The summed E-state index contributed by atoms with van der Waals surface area (Å²) in [5.74, 6) is -2.23. The van der Waals surface area contributed by atoms with E-state index >= 15 is 0 Å². The summed E-state index contributed by atoms with van der Waals surface area (Å²) in [5.41, 5.74) is 1.48. The molecule has 3 aromatic rings. The highest BCUT2D eigenvalue weighted by atomic mass is 32.2. The Morgan fingerprint density at radius 2 is 1.79 bits per heavy atom. The van der Waals surface area contributed by atoms with Gasteiger partial charge in [0.2, 0.25) is 9.84 Å². The Labute approximate surface area is 137 Å². The van der Waals surface area contributed by atoms with Crippen molar-refractivity contribution >= 4 is 20.7 Å². The number of fused-ring (bicyclic) bond motifs is 1. The molecule has 124 valence electrons. The molecule has 0 aliphatic rings. The van der Waals surface area contributed by atoms with Crippen LogP contribution in [0.25, 0.3) is 10.9 Å². The number of pyridine rings is 1. The first-order chi connectivity index (χ1) is 11.3. The van der Waals surface area contributed by atoms with Gasteiger partial charge in [-0.1, -0.05) is 11.6 Å². The zero-order valence-electron chi connectivity index (χ0n) is 12.9. The minimum atomic E-state index is -4.12. The van der Waals surface area contributed by atoms with Gasteiger partial charge in [0.05, 0.1) is 23.7 Å². The fourth-order valence-electron chi connectivity index (χ4n) is 2.44. The summed E-state index contributed by atoms with van der Waals surface area (Å²) in [5, 5.41) is 0.529. The second-order valence-electron chi connectivity index (χ2n) is 5.26. The van der Waals surface area contributed by atoms with E-state index in [1.165, 1.54) is 7.11 Å². The van der Waals surface area contributed by atoms with Crippen molar-refractivity contribution in [2.24, 2.45) is 0 Å². The van der Waals surface area contributed by atoms with Crippen molar-refractivity contribution in [3.8, 4) is 5.75 Å². The normalized spacial score (nSPS) is 11.7. The third-order valence-electron chi connectivity index (χ3n) is 3.64. The molecule has 0 unspecified atom stereocenters. The van der Waals surface area contributed by atoms with Gasteiger partial charge in [0, 0.05) is 5.39 Å². The number of sulfone groups is 1. The molecule has 0 saturated heterocycles. The highest BCUT2D eigenvalue weighted by Gasteiger charge is 2.25. The molecule has 0 bridgehead atoms. The molecular formula is C17H13F2NO3S. The average Bonchev–Trinajstić information content (AvgIpc) is 2.55. The fraction of sp³-hybridized carbons (Fsp3) is 0.118. The van der Waals surface area contributed by atoms with Gasteiger partial charge in [-0.15, -0.1) is 0 Å².